The molecule has 30 heavy (non-hydrogen) atoms. The summed E-state index contributed by atoms with van der Waals surface area (Å²) in [6.45, 7) is 4.12. The highest BCUT2D eigenvalue weighted by Gasteiger charge is 2.20. The van der Waals surface area contributed by atoms with Crippen molar-refractivity contribution in [2.24, 2.45) is 7.05 Å². The van der Waals surface area contributed by atoms with Crippen LogP contribution in [0.1, 0.15) is 19.4 Å². The lowest BCUT2D eigenvalue weighted by molar-refractivity contribution is 0.233. The molecule has 2 aromatic carbocycles. The Hall–Kier alpha value is -3.45. The number of hydrogen-bond donors (Lipinski definition) is 2. The van der Waals surface area contributed by atoms with Crippen molar-refractivity contribution in [1.29, 1.82) is 0 Å². The van der Waals surface area contributed by atoms with Crippen LogP contribution in [-0.4, -0.2) is 36.6 Å². The zero-order valence-corrected chi connectivity index (χ0v) is 17.3. The number of aromatic nitrogens is 4. The van der Waals surface area contributed by atoms with E-state index in [0.717, 1.165) is 11.1 Å². The van der Waals surface area contributed by atoms with Gasteiger partial charge >= 0.3 is 0 Å². The van der Waals surface area contributed by atoms with Gasteiger partial charge in [-0.05, 0) is 30.5 Å². The molecule has 0 aliphatic carbocycles. The molecule has 2 N–H and O–H groups in total. The molecule has 0 radical (unpaired) electrons. The molecule has 0 spiro atoms. The van der Waals surface area contributed by atoms with E-state index in [1.165, 1.54) is 10.1 Å². The molecule has 0 saturated carbocycles. The standard InChI is InChI=1S/C23H25N5O2/c1-23(2,15-29)25-22-24-20-19(21(30)27(22)3)14-28(26-20)13-16-9-11-18(12-10-16)17-7-5-4-6-8-17/h4-12,14,29H,13,15H2,1-3H3,(H,24,25,26). The van der Waals surface area contributed by atoms with Crippen LogP contribution in [0.5, 0.6) is 0 Å². The minimum absolute atomic E-state index is 0.0890. The number of rotatable bonds is 6. The molecule has 0 saturated heterocycles. The van der Waals surface area contributed by atoms with Crippen molar-refractivity contribution in [1.82, 2.24) is 19.3 Å². The monoisotopic (exact) mass is 403 g/mol. The summed E-state index contributed by atoms with van der Waals surface area (Å²) in [5, 5.41) is 17.6. The molecule has 4 rings (SSSR count). The van der Waals surface area contributed by atoms with Crippen LogP contribution in [0.25, 0.3) is 22.2 Å². The molecule has 7 heteroatoms. The third kappa shape index (κ3) is 3.97. The molecule has 0 amide bonds. The van der Waals surface area contributed by atoms with Gasteiger partial charge in [-0.2, -0.15) is 10.1 Å². The Morgan fingerprint density at radius 2 is 1.70 bits per heavy atom. The quantitative estimate of drug-likeness (QED) is 0.517. The summed E-state index contributed by atoms with van der Waals surface area (Å²) in [5.74, 6) is 0.379. The van der Waals surface area contributed by atoms with Crippen LogP contribution in [0, 0.1) is 0 Å². The van der Waals surface area contributed by atoms with Crippen LogP contribution < -0.4 is 10.9 Å². The zero-order valence-electron chi connectivity index (χ0n) is 17.3. The summed E-state index contributed by atoms with van der Waals surface area (Å²) in [7, 11) is 1.66. The number of fused-ring (bicyclic) bond motifs is 1. The van der Waals surface area contributed by atoms with E-state index in [1.807, 2.05) is 32.0 Å². The van der Waals surface area contributed by atoms with E-state index in [9.17, 15) is 9.90 Å². The van der Waals surface area contributed by atoms with Crippen LogP contribution in [0.15, 0.2) is 65.6 Å². The number of aliphatic hydroxyl groups is 1. The third-order valence-electron chi connectivity index (χ3n) is 5.06. The Balaban J connectivity index is 1.61. The summed E-state index contributed by atoms with van der Waals surface area (Å²) >= 11 is 0. The molecule has 2 heterocycles. The molecule has 0 fully saturated rings. The Bertz CT molecular complexity index is 1220. The van der Waals surface area contributed by atoms with Crippen molar-refractivity contribution in [3.63, 3.8) is 0 Å². The molecular weight excluding hydrogens is 378 g/mol. The fourth-order valence-electron chi connectivity index (χ4n) is 3.25. The Morgan fingerprint density at radius 1 is 1.03 bits per heavy atom. The van der Waals surface area contributed by atoms with Gasteiger partial charge in [0.1, 0.15) is 5.39 Å². The first-order valence-electron chi connectivity index (χ1n) is 9.84. The Morgan fingerprint density at radius 3 is 2.37 bits per heavy atom. The fourth-order valence-corrected chi connectivity index (χ4v) is 3.25. The second-order valence-corrected chi connectivity index (χ2v) is 8.09. The van der Waals surface area contributed by atoms with Crippen LogP contribution in [0.3, 0.4) is 0 Å². The van der Waals surface area contributed by atoms with Crippen molar-refractivity contribution < 1.29 is 5.11 Å². The first-order valence-corrected chi connectivity index (χ1v) is 9.84. The number of nitrogens with one attached hydrogen (secondary N) is 1. The molecule has 154 valence electrons. The molecule has 0 aliphatic rings. The van der Waals surface area contributed by atoms with Crippen molar-refractivity contribution in [3.8, 4) is 11.1 Å². The van der Waals surface area contributed by atoms with Gasteiger partial charge in [-0.1, -0.05) is 54.6 Å². The maximum Gasteiger partial charge on any atom is 0.265 e. The van der Waals surface area contributed by atoms with Gasteiger partial charge in [0.15, 0.2) is 5.65 Å². The largest absolute Gasteiger partial charge is 0.394 e. The van der Waals surface area contributed by atoms with Crippen molar-refractivity contribution >= 4 is 17.0 Å². The lowest BCUT2D eigenvalue weighted by Crippen LogP contribution is -2.38. The van der Waals surface area contributed by atoms with Gasteiger partial charge in [-0.3, -0.25) is 14.0 Å². The maximum atomic E-state index is 12.8. The van der Waals surface area contributed by atoms with Gasteiger partial charge in [0.25, 0.3) is 5.56 Å². The molecular formula is C23H25N5O2. The molecule has 0 atom stereocenters. The summed E-state index contributed by atoms with van der Waals surface area (Å²) in [4.78, 5) is 17.3. The topological polar surface area (TPSA) is 85.0 Å². The highest BCUT2D eigenvalue weighted by molar-refractivity contribution is 5.74. The second kappa shape index (κ2) is 7.76. The molecule has 4 aromatic rings. The van der Waals surface area contributed by atoms with E-state index in [-0.39, 0.29) is 12.2 Å². The average molecular weight is 403 g/mol. The van der Waals surface area contributed by atoms with Gasteiger partial charge < -0.3 is 10.4 Å². The van der Waals surface area contributed by atoms with Crippen LogP contribution in [0.2, 0.25) is 0 Å². The first-order chi connectivity index (χ1) is 14.4. The van der Waals surface area contributed by atoms with Crippen molar-refractivity contribution in [3.05, 3.63) is 76.7 Å². The lowest BCUT2D eigenvalue weighted by atomic mass is 10.0. The molecule has 2 aromatic heterocycles. The van der Waals surface area contributed by atoms with Gasteiger partial charge in [-0.25, -0.2) is 0 Å². The number of aliphatic hydroxyl groups excluding tert-OH is 1. The SMILES string of the molecule is Cn1c(NC(C)(C)CO)nc2nn(Cc3ccc(-c4ccccc4)cc3)cc2c1=O. The number of benzene rings is 2. The second-order valence-electron chi connectivity index (χ2n) is 8.09. The average Bonchev–Trinajstić information content (AvgIpc) is 3.15. The smallest absolute Gasteiger partial charge is 0.265 e. The normalized spacial score (nSPS) is 11.7. The number of hydrogen-bond acceptors (Lipinski definition) is 5. The van der Waals surface area contributed by atoms with E-state index in [2.05, 4.69) is 51.8 Å². The van der Waals surface area contributed by atoms with Crippen molar-refractivity contribution in [2.45, 2.75) is 25.9 Å². The predicted molar refractivity (Wildman–Crippen MR) is 119 cm³/mol. The van der Waals surface area contributed by atoms with Gasteiger partial charge in [-0.15, -0.1) is 0 Å². The molecule has 7 nitrogen and oxygen atoms in total. The van der Waals surface area contributed by atoms with E-state index >= 15 is 0 Å². The molecule has 0 aliphatic heterocycles. The third-order valence-corrected chi connectivity index (χ3v) is 5.06. The van der Waals surface area contributed by atoms with E-state index in [1.54, 1.807) is 17.9 Å². The number of nitrogens with zero attached hydrogens (tertiary/aromatic N) is 4. The summed E-state index contributed by atoms with van der Waals surface area (Å²) < 4.78 is 3.18. The lowest BCUT2D eigenvalue weighted by Gasteiger charge is -2.24. The molecule has 0 bridgehead atoms. The summed E-state index contributed by atoms with van der Waals surface area (Å²) in [6.07, 6.45) is 1.73. The summed E-state index contributed by atoms with van der Waals surface area (Å²) in [6, 6.07) is 18.5. The zero-order chi connectivity index (χ0) is 21.3. The van der Waals surface area contributed by atoms with E-state index in [0.29, 0.717) is 23.5 Å². The van der Waals surface area contributed by atoms with Gasteiger partial charge in [0.05, 0.1) is 18.7 Å². The van der Waals surface area contributed by atoms with Crippen molar-refractivity contribution in [2.75, 3.05) is 11.9 Å². The Labute approximate surface area is 174 Å². The fraction of sp³-hybridized carbons (Fsp3) is 0.261. The maximum absolute atomic E-state index is 12.8. The predicted octanol–water partition coefficient (Wildman–Crippen LogP) is 3.03. The van der Waals surface area contributed by atoms with Crippen LogP contribution in [0.4, 0.5) is 5.95 Å². The van der Waals surface area contributed by atoms with Gasteiger partial charge in [0.2, 0.25) is 5.95 Å². The van der Waals surface area contributed by atoms with E-state index in [4.69, 9.17) is 0 Å². The van der Waals surface area contributed by atoms with E-state index < -0.39 is 5.54 Å². The summed E-state index contributed by atoms with van der Waals surface area (Å²) in [5.41, 5.74) is 3.01. The minimum atomic E-state index is -0.603. The minimum Gasteiger partial charge on any atom is -0.394 e. The highest BCUT2D eigenvalue weighted by atomic mass is 16.3. The first kappa shape index (κ1) is 19.8. The highest BCUT2D eigenvalue weighted by Crippen LogP contribution is 2.20. The van der Waals surface area contributed by atoms with Crippen LogP contribution >= 0.6 is 0 Å². The molecule has 0 unspecified atom stereocenters. The van der Waals surface area contributed by atoms with Crippen LogP contribution in [-0.2, 0) is 13.6 Å². The van der Waals surface area contributed by atoms with Gasteiger partial charge in [0, 0.05) is 13.2 Å². The number of anilines is 1. The Kier molecular flexibility index (Phi) is 5.13.